The molecule has 0 saturated carbocycles. The number of nitrogens with one attached hydrogen (secondary N) is 1. The fourth-order valence-electron chi connectivity index (χ4n) is 1.15. The number of fused-ring (bicyclic) bond motifs is 1. The Balaban J connectivity index is 2.99. The molecule has 0 aliphatic rings. The van der Waals surface area contributed by atoms with E-state index in [0.29, 0.717) is 15.8 Å². The minimum absolute atomic E-state index is 0.323. The number of benzene rings is 1. The molecule has 0 atom stereocenters. The van der Waals surface area contributed by atoms with Crippen molar-refractivity contribution in [2.75, 3.05) is 0 Å². The van der Waals surface area contributed by atoms with Crippen molar-refractivity contribution in [3.63, 3.8) is 0 Å². The van der Waals surface area contributed by atoms with Gasteiger partial charge in [-0.15, -0.1) is 4.73 Å². The van der Waals surface area contributed by atoms with Gasteiger partial charge in [0.1, 0.15) is 5.52 Å². The van der Waals surface area contributed by atoms with E-state index in [-0.39, 0.29) is 5.15 Å². The van der Waals surface area contributed by atoms with Crippen LogP contribution >= 0.6 is 27.5 Å². The van der Waals surface area contributed by atoms with Crippen LogP contribution in [-0.4, -0.2) is 4.98 Å². The molecule has 0 spiro atoms. The van der Waals surface area contributed by atoms with E-state index >= 15 is 0 Å². The maximum atomic E-state index is 11.4. The number of halogens is 2. The minimum Gasteiger partial charge on any atom is -0.617 e. The van der Waals surface area contributed by atoms with Crippen molar-refractivity contribution in [3.05, 3.63) is 43.4 Å². The van der Waals surface area contributed by atoms with Crippen LogP contribution in [0.4, 0.5) is 0 Å². The van der Waals surface area contributed by atoms with E-state index in [0.717, 1.165) is 4.47 Å². The van der Waals surface area contributed by atoms with E-state index < -0.39 is 5.56 Å². The summed E-state index contributed by atoms with van der Waals surface area (Å²) in [5.41, 5.74) is 0.193. The molecule has 0 aliphatic carbocycles. The van der Waals surface area contributed by atoms with Gasteiger partial charge in [-0.2, -0.15) is 0 Å². The Morgan fingerprint density at radius 1 is 1.50 bits per heavy atom. The van der Waals surface area contributed by atoms with Crippen LogP contribution in [0.25, 0.3) is 11.0 Å². The van der Waals surface area contributed by atoms with Crippen LogP contribution in [0.1, 0.15) is 0 Å². The number of aromatic nitrogens is 2. The van der Waals surface area contributed by atoms with Crippen molar-refractivity contribution < 1.29 is 4.73 Å². The molecule has 0 radical (unpaired) electrons. The molecule has 72 valence electrons. The molecule has 0 aliphatic heterocycles. The Hall–Kier alpha value is -1.07. The van der Waals surface area contributed by atoms with Crippen LogP contribution < -0.4 is 10.3 Å². The van der Waals surface area contributed by atoms with E-state index in [1.807, 2.05) is 0 Å². The fraction of sp³-hybridized carbons (Fsp3) is 0. The fourth-order valence-corrected chi connectivity index (χ4v) is 1.64. The maximum absolute atomic E-state index is 11.4. The number of rotatable bonds is 0. The molecule has 4 nitrogen and oxygen atoms in total. The zero-order valence-corrected chi connectivity index (χ0v) is 9.09. The summed E-state index contributed by atoms with van der Waals surface area (Å²) in [7, 11) is 0. The molecule has 6 heteroatoms. The molecule has 1 N–H and O–H groups in total. The van der Waals surface area contributed by atoms with Crippen LogP contribution in [-0.2, 0) is 0 Å². The SMILES string of the molecule is O=c1[nH]c2ccc(Br)cc2[n+]([O-])c1Cl. The summed E-state index contributed by atoms with van der Waals surface area (Å²) in [5.74, 6) is 0. The number of hydrogen-bond donors (Lipinski definition) is 1. The van der Waals surface area contributed by atoms with E-state index in [1.54, 1.807) is 18.2 Å². The Morgan fingerprint density at radius 3 is 2.93 bits per heavy atom. The van der Waals surface area contributed by atoms with Gasteiger partial charge in [-0.3, -0.25) is 4.79 Å². The quantitative estimate of drug-likeness (QED) is 0.586. The third-order valence-electron chi connectivity index (χ3n) is 1.79. The second kappa shape index (κ2) is 3.25. The van der Waals surface area contributed by atoms with Gasteiger partial charge in [0.25, 0.3) is 0 Å². The third-order valence-corrected chi connectivity index (χ3v) is 2.61. The summed E-state index contributed by atoms with van der Waals surface area (Å²) >= 11 is 8.72. The second-order valence-electron chi connectivity index (χ2n) is 2.70. The van der Waals surface area contributed by atoms with Crippen molar-refractivity contribution >= 4 is 38.6 Å². The summed E-state index contributed by atoms with van der Waals surface area (Å²) in [5, 5.41) is 11.1. The largest absolute Gasteiger partial charge is 0.617 e. The molecule has 0 saturated heterocycles. The smallest absolute Gasteiger partial charge is 0.352 e. The molecule has 2 rings (SSSR count). The van der Waals surface area contributed by atoms with Crippen LogP contribution in [0.15, 0.2) is 27.5 Å². The van der Waals surface area contributed by atoms with Crippen molar-refractivity contribution in [3.8, 4) is 0 Å². The third kappa shape index (κ3) is 1.38. The van der Waals surface area contributed by atoms with Gasteiger partial charge in [0.15, 0.2) is 0 Å². The number of hydrogen-bond acceptors (Lipinski definition) is 2. The monoisotopic (exact) mass is 274 g/mol. The maximum Gasteiger partial charge on any atom is 0.352 e. The Bertz CT molecular complexity index is 567. The first kappa shape index (κ1) is 9.48. The average molecular weight is 275 g/mol. The molecular weight excluding hydrogens is 271 g/mol. The zero-order valence-electron chi connectivity index (χ0n) is 6.75. The van der Waals surface area contributed by atoms with Gasteiger partial charge in [-0.25, -0.2) is 0 Å². The predicted molar refractivity (Wildman–Crippen MR) is 56.2 cm³/mol. The molecule has 0 amide bonds. The lowest BCUT2D eigenvalue weighted by Gasteiger charge is -2.02. The van der Waals surface area contributed by atoms with Gasteiger partial charge in [0.05, 0.1) is 0 Å². The lowest BCUT2D eigenvalue weighted by Crippen LogP contribution is -2.35. The van der Waals surface area contributed by atoms with Crippen molar-refractivity contribution in [2.24, 2.45) is 0 Å². The lowest BCUT2D eigenvalue weighted by molar-refractivity contribution is -0.575. The zero-order chi connectivity index (χ0) is 10.3. The minimum atomic E-state index is -0.587. The topological polar surface area (TPSA) is 59.8 Å². The molecular formula is C8H4BrClN2O2. The molecule has 0 bridgehead atoms. The van der Waals surface area contributed by atoms with Crippen LogP contribution in [0.5, 0.6) is 0 Å². The summed E-state index contributed by atoms with van der Waals surface area (Å²) in [6.45, 7) is 0. The predicted octanol–water partition coefficient (Wildman–Crippen LogP) is 1.58. The highest BCUT2D eigenvalue weighted by Gasteiger charge is 2.13. The summed E-state index contributed by atoms with van der Waals surface area (Å²) in [4.78, 5) is 13.6. The van der Waals surface area contributed by atoms with Gasteiger partial charge < -0.3 is 10.2 Å². The molecule has 0 fully saturated rings. The standard InChI is InChI=1S/C8H4BrClN2O2/c9-4-1-2-5-6(3-4)12(14)7(10)8(13)11-5/h1-3H,(H,11,13). The number of H-pyrrole nitrogens is 1. The lowest BCUT2D eigenvalue weighted by atomic mass is 10.3. The number of aromatic amines is 1. The van der Waals surface area contributed by atoms with Crippen molar-refractivity contribution in [1.29, 1.82) is 0 Å². The highest BCUT2D eigenvalue weighted by Crippen LogP contribution is 2.14. The summed E-state index contributed by atoms with van der Waals surface area (Å²) < 4.78 is 1.15. The van der Waals surface area contributed by atoms with Crippen LogP contribution in [0.3, 0.4) is 0 Å². The van der Waals surface area contributed by atoms with Crippen molar-refractivity contribution in [2.45, 2.75) is 0 Å². The molecule has 1 aromatic heterocycles. The molecule has 1 heterocycles. The first-order valence-electron chi connectivity index (χ1n) is 3.70. The molecule has 1 aromatic carbocycles. The van der Waals surface area contributed by atoms with Crippen molar-refractivity contribution in [1.82, 2.24) is 4.98 Å². The Labute approximate surface area is 91.8 Å². The van der Waals surface area contributed by atoms with Gasteiger partial charge in [-0.05, 0) is 23.7 Å². The molecule has 14 heavy (non-hydrogen) atoms. The first-order chi connectivity index (χ1) is 6.59. The Morgan fingerprint density at radius 2 is 2.21 bits per heavy atom. The second-order valence-corrected chi connectivity index (χ2v) is 3.97. The average Bonchev–Trinajstić information content (AvgIpc) is 2.16. The summed E-state index contributed by atoms with van der Waals surface area (Å²) in [6, 6.07) is 4.95. The number of nitrogens with zero attached hydrogens (tertiary/aromatic N) is 1. The highest BCUT2D eigenvalue weighted by molar-refractivity contribution is 9.10. The van der Waals surface area contributed by atoms with E-state index in [2.05, 4.69) is 20.9 Å². The van der Waals surface area contributed by atoms with Crippen LogP contribution in [0, 0.1) is 5.21 Å². The first-order valence-corrected chi connectivity index (χ1v) is 4.87. The van der Waals surface area contributed by atoms with Gasteiger partial charge in [0.2, 0.25) is 5.52 Å². The normalized spacial score (nSPS) is 10.7. The molecule has 0 unspecified atom stereocenters. The van der Waals surface area contributed by atoms with E-state index in [4.69, 9.17) is 11.6 Å². The Kier molecular flexibility index (Phi) is 2.20. The van der Waals surface area contributed by atoms with E-state index in [9.17, 15) is 10.0 Å². The van der Waals surface area contributed by atoms with Gasteiger partial charge in [-0.1, -0.05) is 15.9 Å². The molecule has 2 aromatic rings. The van der Waals surface area contributed by atoms with Gasteiger partial charge >= 0.3 is 10.7 Å². The van der Waals surface area contributed by atoms with Gasteiger partial charge in [0, 0.05) is 10.5 Å². The summed E-state index contributed by atoms with van der Waals surface area (Å²) in [6.07, 6.45) is 0. The van der Waals surface area contributed by atoms with E-state index in [1.165, 1.54) is 0 Å². The highest BCUT2D eigenvalue weighted by atomic mass is 79.9. The van der Waals surface area contributed by atoms with Crippen LogP contribution in [0.2, 0.25) is 5.15 Å².